The third-order valence-electron chi connectivity index (χ3n) is 5.52. The number of hydrogen-bond acceptors (Lipinski definition) is 4. The van der Waals surface area contributed by atoms with Gasteiger partial charge in [0.1, 0.15) is 5.75 Å². The Labute approximate surface area is 180 Å². The summed E-state index contributed by atoms with van der Waals surface area (Å²) in [7, 11) is 0. The van der Waals surface area contributed by atoms with Crippen LogP contribution in [0.5, 0.6) is 5.75 Å². The average Bonchev–Trinajstić information content (AvgIpc) is 3.55. The van der Waals surface area contributed by atoms with Crippen LogP contribution in [0.4, 0.5) is 0 Å². The van der Waals surface area contributed by atoms with Gasteiger partial charge in [0.2, 0.25) is 5.91 Å². The molecule has 0 atom stereocenters. The second kappa shape index (κ2) is 12.0. The number of rotatable bonds is 10. The molecular formula is C22H34ClN3O3. The molecule has 1 aromatic carbocycles. The molecule has 2 amide bonds. The number of piperidine rings is 1. The van der Waals surface area contributed by atoms with Crippen molar-refractivity contribution in [3.63, 3.8) is 0 Å². The quantitative estimate of drug-likeness (QED) is 0.567. The number of nitrogens with one attached hydrogen (secondary N) is 2. The Morgan fingerprint density at radius 1 is 1.14 bits per heavy atom. The van der Waals surface area contributed by atoms with E-state index >= 15 is 0 Å². The van der Waals surface area contributed by atoms with Gasteiger partial charge in [0.25, 0.3) is 5.91 Å². The van der Waals surface area contributed by atoms with Gasteiger partial charge in [-0.2, -0.15) is 0 Å². The van der Waals surface area contributed by atoms with Gasteiger partial charge in [-0.25, -0.2) is 0 Å². The Kier molecular flexibility index (Phi) is 9.74. The Bertz CT molecular complexity index is 658. The van der Waals surface area contributed by atoms with Gasteiger partial charge in [0.05, 0.1) is 12.2 Å². The van der Waals surface area contributed by atoms with Gasteiger partial charge in [-0.1, -0.05) is 12.1 Å². The van der Waals surface area contributed by atoms with Gasteiger partial charge in [-0.3, -0.25) is 9.59 Å². The van der Waals surface area contributed by atoms with Gasteiger partial charge >= 0.3 is 0 Å². The first-order valence-corrected chi connectivity index (χ1v) is 10.7. The smallest absolute Gasteiger partial charge is 0.255 e. The van der Waals surface area contributed by atoms with Crippen LogP contribution in [0.3, 0.4) is 0 Å². The largest absolute Gasteiger partial charge is 0.493 e. The molecule has 0 unspecified atom stereocenters. The number of ether oxygens (including phenoxy) is 1. The SMILES string of the molecule is CCOc1ccccc1C(=O)NCCCC(=O)N1CCC(NCC2CC2)CC1.Cl. The molecule has 1 aliphatic heterocycles. The zero-order valence-corrected chi connectivity index (χ0v) is 18.1. The number of benzene rings is 1. The second-order valence-corrected chi connectivity index (χ2v) is 7.80. The molecule has 6 nitrogen and oxygen atoms in total. The molecule has 1 heterocycles. The highest BCUT2D eigenvalue weighted by atomic mass is 35.5. The van der Waals surface area contributed by atoms with Crippen LogP contribution in [0.25, 0.3) is 0 Å². The van der Waals surface area contributed by atoms with Crippen LogP contribution in [-0.4, -0.2) is 55.5 Å². The summed E-state index contributed by atoms with van der Waals surface area (Å²) in [5, 5.41) is 6.54. The zero-order valence-electron chi connectivity index (χ0n) is 17.3. The van der Waals surface area contributed by atoms with E-state index in [1.54, 1.807) is 12.1 Å². The Morgan fingerprint density at radius 2 is 1.86 bits per heavy atom. The van der Waals surface area contributed by atoms with Crippen molar-refractivity contribution in [3.05, 3.63) is 29.8 Å². The number of amides is 2. The fourth-order valence-electron chi connectivity index (χ4n) is 3.62. The van der Waals surface area contributed by atoms with E-state index in [1.807, 2.05) is 24.0 Å². The number of para-hydroxylation sites is 1. The van der Waals surface area contributed by atoms with Crippen LogP contribution < -0.4 is 15.4 Å². The summed E-state index contributed by atoms with van der Waals surface area (Å²) in [4.78, 5) is 26.7. The molecule has 1 aliphatic carbocycles. The van der Waals surface area contributed by atoms with Gasteiger partial charge in [-0.05, 0) is 63.6 Å². The van der Waals surface area contributed by atoms with Crippen molar-refractivity contribution < 1.29 is 14.3 Å². The number of carbonyl (C=O) groups is 2. The minimum absolute atomic E-state index is 0. The van der Waals surface area contributed by atoms with Crippen molar-refractivity contribution >= 4 is 24.2 Å². The highest BCUT2D eigenvalue weighted by molar-refractivity contribution is 5.96. The van der Waals surface area contributed by atoms with Gasteiger partial charge in [0.15, 0.2) is 0 Å². The monoisotopic (exact) mass is 423 g/mol. The van der Waals surface area contributed by atoms with Crippen LogP contribution in [0.1, 0.15) is 55.8 Å². The maximum absolute atomic E-state index is 12.4. The summed E-state index contributed by atoms with van der Waals surface area (Å²) in [5.41, 5.74) is 0.538. The van der Waals surface area contributed by atoms with Gasteiger partial charge in [-0.15, -0.1) is 12.4 Å². The molecular weight excluding hydrogens is 390 g/mol. The summed E-state index contributed by atoms with van der Waals surface area (Å²) < 4.78 is 5.50. The molecule has 2 N–H and O–H groups in total. The zero-order chi connectivity index (χ0) is 19.8. The molecule has 1 aromatic rings. The number of likely N-dealkylation sites (tertiary alicyclic amines) is 1. The normalized spacial score (nSPS) is 16.8. The predicted molar refractivity (Wildman–Crippen MR) is 117 cm³/mol. The van der Waals surface area contributed by atoms with Crippen molar-refractivity contribution in [3.8, 4) is 5.75 Å². The van der Waals surface area contributed by atoms with E-state index in [1.165, 1.54) is 12.8 Å². The van der Waals surface area contributed by atoms with E-state index in [4.69, 9.17) is 4.74 Å². The lowest BCUT2D eigenvalue weighted by Gasteiger charge is -2.32. The molecule has 1 saturated carbocycles. The lowest BCUT2D eigenvalue weighted by atomic mass is 10.0. The molecule has 2 fully saturated rings. The predicted octanol–water partition coefficient (Wildman–Crippen LogP) is 3.01. The molecule has 0 aromatic heterocycles. The summed E-state index contributed by atoms with van der Waals surface area (Å²) >= 11 is 0. The fourth-order valence-corrected chi connectivity index (χ4v) is 3.62. The average molecular weight is 424 g/mol. The molecule has 29 heavy (non-hydrogen) atoms. The number of carbonyl (C=O) groups excluding carboxylic acids is 2. The summed E-state index contributed by atoms with van der Waals surface area (Å²) in [6, 6.07) is 7.79. The number of hydrogen-bond donors (Lipinski definition) is 2. The Morgan fingerprint density at radius 3 is 2.55 bits per heavy atom. The lowest BCUT2D eigenvalue weighted by Crippen LogP contribution is -2.45. The minimum Gasteiger partial charge on any atom is -0.493 e. The van der Waals surface area contributed by atoms with Crippen molar-refractivity contribution in [2.45, 2.75) is 51.5 Å². The highest BCUT2D eigenvalue weighted by Crippen LogP contribution is 2.28. The Hall–Kier alpha value is -1.79. The summed E-state index contributed by atoms with van der Waals surface area (Å²) in [5.74, 6) is 1.54. The van der Waals surface area contributed by atoms with Crippen molar-refractivity contribution in [2.75, 3.05) is 32.8 Å². The van der Waals surface area contributed by atoms with Crippen LogP contribution in [0.15, 0.2) is 24.3 Å². The minimum atomic E-state index is -0.154. The van der Waals surface area contributed by atoms with Gasteiger partial charge in [0, 0.05) is 32.1 Å². The first-order chi connectivity index (χ1) is 13.7. The molecule has 0 radical (unpaired) electrons. The van der Waals surface area contributed by atoms with E-state index in [9.17, 15) is 9.59 Å². The lowest BCUT2D eigenvalue weighted by molar-refractivity contribution is -0.132. The molecule has 0 bridgehead atoms. The third kappa shape index (κ3) is 7.52. The van der Waals surface area contributed by atoms with E-state index in [0.717, 1.165) is 38.4 Å². The van der Waals surface area contributed by atoms with Crippen molar-refractivity contribution in [1.29, 1.82) is 0 Å². The van der Waals surface area contributed by atoms with Crippen molar-refractivity contribution in [2.24, 2.45) is 5.92 Å². The van der Waals surface area contributed by atoms with Crippen molar-refractivity contribution in [1.82, 2.24) is 15.5 Å². The van der Waals surface area contributed by atoms with E-state index in [0.29, 0.717) is 43.3 Å². The highest BCUT2D eigenvalue weighted by Gasteiger charge is 2.25. The van der Waals surface area contributed by atoms with E-state index in [2.05, 4.69) is 10.6 Å². The van der Waals surface area contributed by atoms with Crippen LogP contribution in [-0.2, 0) is 4.79 Å². The number of nitrogens with zero attached hydrogens (tertiary/aromatic N) is 1. The third-order valence-corrected chi connectivity index (χ3v) is 5.52. The molecule has 7 heteroatoms. The van der Waals surface area contributed by atoms with E-state index < -0.39 is 0 Å². The molecule has 2 aliphatic rings. The standard InChI is InChI=1S/C22H33N3O3.ClH/c1-2-28-20-7-4-3-6-19(20)22(27)23-13-5-8-21(26)25-14-11-18(12-15-25)24-16-17-9-10-17;/h3-4,6-7,17-18,24H,2,5,8-16H2,1H3,(H,23,27);1H. The first-order valence-electron chi connectivity index (χ1n) is 10.7. The first kappa shape index (κ1) is 23.5. The summed E-state index contributed by atoms with van der Waals surface area (Å²) in [6.07, 6.45) is 5.97. The van der Waals surface area contributed by atoms with Crippen LogP contribution in [0.2, 0.25) is 0 Å². The fraction of sp³-hybridized carbons (Fsp3) is 0.636. The topological polar surface area (TPSA) is 70.7 Å². The maximum Gasteiger partial charge on any atom is 0.255 e. The molecule has 3 rings (SSSR count). The van der Waals surface area contributed by atoms with Gasteiger partial charge < -0.3 is 20.3 Å². The maximum atomic E-state index is 12.4. The van der Waals surface area contributed by atoms with Crippen LogP contribution >= 0.6 is 12.4 Å². The van der Waals surface area contributed by atoms with Crippen LogP contribution in [0, 0.1) is 5.92 Å². The summed E-state index contributed by atoms with van der Waals surface area (Å²) in [6.45, 7) is 5.73. The molecule has 0 spiro atoms. The second-order valence-electron chi connectivity index (χ2n) is 7.80. The molecule has 1 saturated heterocycles. The Balaban J connectivity index is 0.00000300. The number of halogens is 1. The molecule has 162 valence electrons. The van der Waals surface area contributed by atoms with E-state index in [-0.39, 0.29) is 24.2 Å².